The molecule has 0 aliphatic heterocycles. The number of rotatable bonds is 3. The van der Waals surface area contributed by atoms with Crippen LogP contribution < -0.4 is 5.32 Å². The van der Waals surface area contributed by atoms with E-state index in [1.54, 1.807) is 18.5 Å². The molecule has 0 fully saturated rings. The highest BCUT2D eigenvalue weighted by Gasteiger charge is 2.13. The molecule has 21 heavy (non-hydrogen) atoms. The lowest BCUT2D eigenvalue weighted by Gasteiger charge is -2.08. The summed E-state index contributed by atoms with van der Waals surface area (Å²) in [6, 6.07) is 17.4. The van der Waals surface area contributed by atoms with Crippen molar-refractivity contribution in [3.63, 3.8) is 0 Å². The number of benzene rings is 1. The Kier molecular flexibility index (Phi) is 3.51. The molecule has 2 heterocycles. The fraction of sp³-hybridized carbons (Fsp3) is 0.0588. The van der Waals surface area contributed by atoms with Gasteiger partial charge in [-0.1, -0.05) is 30.3 Å². The average Bonchev–Trinajstić information content (AvgIpc) is 2.91. The molecule has 3 aromatic rings. The topological polar surface area (TPSA) is 46.9 Å². The first-order chi connectivity index (χ1) is 10.3. The second-order valence-electron chi connectivity index (χ2n) is 4.72. The fourth-order valence-electron chi connectivity index (χ4n) is 2.27. The Bertz CT molecular complexity index is 748. The number of hydrogen-bond acceptors (Lipinski definition) is 2. The van der Waals surface area contributed by atoms with Gasteiger partial charge in [0.1, 0.15) is 5.69 Å². The van der Waals surface area contributed by atoms with Gasteiger partial charge in [0.15, 0.2) is 0 Å². The zero-order valence-corrected chi connectivity index (χ0v) is 11.7. The van der Waals surface area contributed by atoms with Gasteiger partial charge in [-0.2, -0.15) is 0 Å². The molecule has 0 bridgehead atoms. The lowest BCUT2D eigenvalue weighted by Crippen LogP contribution is -2.15. The molecule has 1 amide bonds. The van der Waals surface area contributed by atoms with Crippen molar-refractivity contribution in [2.24, 2.45) is 7.05 Å². The quantitative estimate of drug-likeness (QED) is 0.798. The Labute approximate surface area is 123 Å². The lowest BCUT2D eigenvalue weighted by atomic mass is 10.2. The minimum atomic E-state index is -0.146. The van der Waals surface area contributed by atoms with E-state index >= 15 is 0 Å². The Balaban J connectivity index is 1.87. The molecule has 0 saturated heterocycles. The summed E-state index contributed by atoms with van der Waals surface area (Å²) in [5, 5.41) is 2.84. The van der Waals surface area contributed by atoms with E-state index < -0.39 is 0 Å². The van der Waals surface area contributed by atoms with E-state index in [2.05, 4.69) is 10.3 Å². The van der Waals surface area contributed by atoms with Gasteiger partial charge in [0.25, 0.3) is 5.91 Å². The molecule has 0 aliphatic rings. The van der Waals surface area contributed by atoms with Crippen LogP contribution >= 0.6 is 0 Å². The molecule has 0 saturated carbocycles. The summed E-state index contributed by atoms with van der Waals surface area (Å²) < 4.78 is 1.89. The van der Waals surface area contributed by atoms with E-state index in [0.717, 1.165) is 11.3 Å². The molecular formula is C17H15N3O. The number of aromatic nitrogens is 2. The first-order valence-corrected chi connectivity index (χ1v) is 6.68. The van der Waals surface area contributed by atoms with Crippen LogP contribution in [0.25, 0.3) is 11.3 Å². The number of carbonyl (C=O) groups excluding carboxylic acids is 1. The number of pyridine rings is 1. The Morgan fingerprint density at radius 2 is 1.86 bits per heavy atom. The van der Waals surface area contributed by atoms with Crippen molar-refractivity contribution in [1.29, 1.82) is 0 Å². The Morgan fingerprint density at radius 1 is 1.05 bits per heavy atom. The summed E-state index contributed by atoms with van der Waals surface area (Å²) in [4.78, 5) is 16.3. The van der Waals surface area contributed by atoms with Crippen molar-refractivity contribution >= 4 is 11.6 Å². The van der Waals surface area contributed by atoms with Crippen molar-refractivity contribution < 1.29 is 4.79 Å². The first kappa shape index (κ1) is 13.1. The smallest absolute Gasteiger partial charge is 0.272 e. The third-order valence-electron chi connectivity index (χ3n) is 3.34. The minimum absolute atomic E-state index is 0.146. The predicted octanol–water partition coefficient (Wildman–Crippen LogP) is 3.34. The summed E-state index contributed by atoms with van der Waals surface area (Å²) in [5.74, 6) is -0.146. The number of anilines is 1. The van der Waals surface area contributed by atoms with Crippen LogP contribution in [0.2, 0.25) is 0 Å². The zero-order valence-electron chi connectivity index (χ0n) is 11.7. The van der Waals surface area contributed by atoms with Crippen LogP contribution in [0.4, 0.5) is 5.69 Å². The monoisotopic (exact) mass is 277 g/mol. The highest BCUT2D eigenvalue weighted by atomic mass is 16.1. The zero-order chi connectivity index (χ0) is 14.7. The van der Waals surface area contributed by atoms with Gasteiger partial charge in [-0.3, -0.25) is 9.78 Å². The van der Waals surface area contributed by atoms with E-state index in [1.165, 1.54) is 0 Å². The van der Waals surface area contributed by atoms with Crippen molar-refractivity contribution in [2.45, 2.75) is 0 Å². The van der Waals surface area contributed by atoms with Gasteiger partial charge in [0.2, 0.25) is 0 Å². The molecule has 1 aromatic carbocycles. The van der Waals surface area contributed by atoms with Gasteiger partial charge in [-0.25, -0.2) is 0 Å². The average molecular weight is 277 g/mol. The van der Waals surface area contributed by atoms with Crippen LogP contribution in [-0.4, -0.2) is 15.5 Å². The second-order valence-corrected chi connectivity index (χ2v) is 4.72. The van der Waals surface area contributed by atoms with Crippen LogP contribution in [0, 0.1) is 0 Å². The number of amides is 1. The van der Waals surface area contributed by atoms with E-state index in [-0.39, 0.29) is 5.91 Å². The maximum Gasteiger partial charge on any atom is 0.272 e. The van der Waals surface area contributed by atoms with Crippen LogP contribution in [-0.2, 0) is 7.05 Å². The third-order valence-corrected chi connectivity index (χ3v) is 3.34. The molecular weight excluding hydrogens is 262 g/mol. The molecule has 104 valence electrons. The van der Waals surface area contributed by atoms with E-state index in [0.29, 0.717) is 11.4 Å². The van der Waals surface area contributed by atoms with Gasteiger partial charge < -0.3 is 9.88 Å². The number of hydrogen-bond donors (Lipinski definition) is 1. The van der Waals surface area contributed by atoms with E-state index in [9.17, 15) is 4.79 Å². The van der Waals surface area contributed by atoms with Crippen molar-refractivity contribution in [2.75, 3.05) is 5.32 Å². The maximum atomic E-state index is 12.3. The number of carbonyl (C=O) groups is 1. The van der Waals surface area contributed by atoms with Gasteiger partial charge in [-0.05, 0) is 29.8 Å². The van der Waals surface area contributed by atoms with Crippen molar-refractivity contribution in [3.8, 4) is 11.3 Å². The predicted molar refractivity (Wildman–Crippen MR) is 83.0 cm³/mol. The summed E-state index contributed by atoms with van der Waals surface area (Å²) in [6.07, 6.45) is 3.30. The van der Waals surface area contributed by atoms with Crippen LogP contribution in [0.3, 0.4) is 0 Å². The summed E-state index contributed by atoms with van der Waals surface area (Å²) in [5.41, 5.74) is 3.38. The summed E-state index contributed by atoms with van der Waals surface area (Å²) in [7, 11) is 1.89. The van der Waals surface area contributed by atoms with Crippen LogP contribution in [0.5, 0.6) is 0 Å². The number of nitrogens with one attached hydrogen (secondary N) is 1. The molecule has 0 spiro atoms. The minimum Gasteiger partial charge on any atom is -0.340 e. The normalized spacial score (nSPS) is 10.3. The first-order valence-electron chi connectivity index (χ1n) is 6.68. The molecule has 0 aliphatic carbocycles. The van der Waals surface area contributed by atoms with Crippen molar-refractivity contribution in [1.82, 2.24) is 9.55 Å². The number of nitrogens with zero attached hydrogens (tertiary/aromatic N) is 2. The molecule has 2 aromatic heterocycles. The highest BCUT2D eigenvalue weighted by molar-refractivity contribution is 6.03. The van der Waals surface area contributed by atoms with E-state index in [1.807, 2.05) is 60.1 Å². The lowest BCUT2D eigenvalue weighted by molar-refractivity contribution is 0.101. The van der Waals surface area contributed by atoms with Gasteiger partial charge in [-0.15, -0.1) is 0 Å². The highest BCUT2D eigenvalue weighted by Crippen LogP contribution is 2.21. The molecule has 3 rings (SSSR count). The van der Waals surface area contributed by atoms with Crippen LogP contribution in [0.15, 0.2) is 67.0 Å². The fourth-order valence-corrected chi connectivity index (χ4v) is 2.27. The molecule has 4 heteroatoms. The SMILES string of the molecule is Cn1c(C(=O)Nc2cccnc2)ccc1-c1ccccc1. The maximum absolute atomic E-state index is 12.3. The van der Waals surface area contributed by atoms with Crippen molar-refractivity contribution in [3.05, 3.63) is 72.7 Å². The molecule has 0 unspecified atom stereocenters. The van der Waals surface area contributed by atoms with Crippen LogP contribution in [0.1, 0.15) is 10.5 Å². The van der Waals surface area contributed by atoms with Gasteiger partial charge in [0, 0.05) is 18.9 Å². The molecule has 0 radical (unpaired) electrons. The van der Waals surface area contributed by atoms with Gasteiger partial charge >= 0.3 is 0 Å². The second kappa shape index (κ2) is 5.63. The summed E-state index contributed by atoms with van der Waals surface area (Å²) in [6.45, 7) is 0. The Hall–Kier alpha value is -2.88. The largest absolute Gasteiger partial charge is 0.340 e. The molecule has 1 N–H and O–H groups in total. The Morgan fingerprint density at radius 3 is 2.57 bits per heavy atom. The molecule has 0 atom stereocenters. The third kappa shape index (κ3) is 2.69. The van der Waals surface area contributed by atoms with Gasteiger partial charge in [0.05, 0.1) is 11.9 Å². The molecule has 4 nitrogen and oxygen atoms in total. The summed E-state index contributed by atoms with van der Waals surface area (Å²) >= 11 is 0. The van der Waals surface area contributed by atoms with E-state index in [4.69, 9.17) is 0 Å². The standard InChI is InChI=1S/C17H15N3O/c1-20-15(13-6-3-2-4-7-13)9-10-16(20)17(21)19-14-8-5-11-18-12-14/h2-12H,1H3,(H,19,21).